The lowest BCUT2D eigenvalue weighted by atomic mass is 10.1. The summed E-state index contributed by atoms with van der Waals surface area (Å²) in [5.74, 6) is 0. The number of nitrogens with one attached hydrogen (secondary N) is 2. The maximum Gasteiger partial charge on any atom is 0.412 e. The van der Waals surface area contributed by atoms with Gasteiger partial charge in [-0.15, -0.1) is 11.3 Å². The van der Waals surface area contributed by atoms with Crippen molar-refractivity contribution >= 4 is 23.1 Å². The summed E-state index contributed by atoms with van der Waals surface area (Å²) in [6, 6.07) is 7.95. The third kappa shape index (κ3) is 5.94. The van der Waals surface area contributed by atoms with Crippen LogP contribution in [0.4, 0.5) is 10.5 Å². The number of thiazole rings is 1. The van der Waals surface area contributed by atoms with Crippen molar-refractivity contribution in [2.24, 2.45) is 0 Å². The monoisotopic (exact) mass is 347 g/mol. The molecule has 2 N–H and O–H groups in total. The Kier molecular flexibility index (Phi) is 5.96. The molecule has 1 unspecified atom stereocenters. The minimum Gasteiger partial charge on any atom is -0.444 e. The highest BCUT2D eigenvalue weighted by Gasteiger charge is 2.16. The Morgan fingerprint density at radius 2 is 1.96 bits per heavy atom. The topological polar surface area (TPSA) is 63.2 Å². The summed E-state index contributed by atoms with van der Waals surface area (Å²) >= 11 is 1.67. The predicted molar refractivity (Wildman–Crippen MR) is 98.4 cm³/mol. The van der Waals surface area contributed by atoms with Crippen LogP contribution in [-0.4, -0.2) is 16.7 Å². The van der Waals surface area contributed by atoms with E-state index in [1.807, 2.05) is 52.0 Å². The molecule has 0 spiro atoms. The summed E-state index contributed by atoms with van der Waals surface area (Å²) in [6.07, 6.45) is -0.444. The summed E-state index contributed by atoms with van der Waals surface area (Å²) in [7, 11) is 0. The molecule has 1 amide bonds. The average Bonchev–Trinajstić information content (AvgIpc) is 2.89. The largest absolute Gasteiger partial charge is 0.444 e. The Morgan fingerprint density at radius 3 is 2.50 bits per heavy atom. The van der Waals surface area contributed by atoms with Crippen LogP contribution >= 0.6 is 11.3 Å². The van der Waals surface area contributed by atoms with Gasteiger partial charge in [0.2, 0.25) is 0 Å². The van der Waals surface area contributed by atoms with Crippen molar-refractivity contribution in [3.8, 4) is 0 Å². The maximum absolute atomic E-state index is 11.8. The average molecular weight is 347 g/mol. The molecular weight excluding hydrogens is 322 g/mol. The fraction of sp³-hybridized carbons (Fsp3) is 0.444. The molecule has 5 nitrogen and oxygen atoms in total. The second-order valence-electron chi connectivity index (χ2n) is 6.73. The van der Waals surface area contributed by atoms with Gasteiger partial charge >= 0.3 is 6.09 Å². The molecule has 0 radical (unpaired) electrons. The SMILES string of the molecule is Cc1csc(CNC(C)c2ccc(NC(=O)OC(C)(C)C)cc2)n1. The lowest BCUT2D eigenvalue weighted by molar-refractivity contribution is 0.0636. The van der Waals surface area contributed by atoms with Gasteiger partial charge in [-0.05, 0) is 52.3 Å². The number of ether oxygens (including phenoxy) is 1. The Hall–Kier alpha value is -1.92. The number of carbonyl (C=O) groups is 1. The van der Waals surface area contributed by atoms with Crippen LogP contribution in [0.25, 0.3) is 0 Å². The smallest absolute Gasteiger partial charge is 0.412 e. The number of nitrogens with zero attached hydrogens (tertiary/aromatic N) is 1. The Labute approximate surface area is 147 Å². The summed E-state index contributed by atoms with van der Waals surface area (Å²) < 4.78 is 5.24. The van der Waals surface area contributed by atoms with E-state index in [4.69, 9.17) is 4.74 Å². The van der Waals surface area contributed by atoms with Crippen LogP contribution in [0, 0.1) is 6.92 Å². The van der Waals surface area contributed by atoms with Crippen LogP contribution in [0.3, 0.4) is 0 Å². The van der Waals surface area contributed by atoms with Crippen LogP contribution < -0.4 is 10.6 Å². The highest BCUT2D eigenvalue weighted by Crippen LogP contribution is 2.18. The number of carbonyl (C=O) groups excluding carboxylic acids is 1. The van der Waals surface area contributed by atoms with Gasteiger partial charge in [-0.25, -0.2) is 9.78 Å². The first-order valence-electron chi connectivity index (χ1n) is 7.97. The zero-order valence-electron chi connectivity index (χ0n) is 14.8. The molecule has 0 bridgehead atoms. The number of aryl methyl sites for hydroxylation is 1. The zero-order valence-corrected chi connectivity index (χ0v) is 15.7. The summed E-state index contributed by atoms with van der Waals surface area (Å²) in [6.45, 7) is 10.4. The second kappa shape index (κ2) is 7.77. The van der Waals surface area contributed by atoms with Gasteiger partial charge in [0.15, 0.2) is 0 Å². The quantitative estimate of drug-likeness (QED) is 0.826. The van der Waals surface area contributed by atoms with Gasteiger partial charge in [-0.1, -0.05) is 12.1 Å². The van der Waals surface area contributed by atoms with Crippen molar-refractivity contribution in [2.45, 2.75) is 52.8 Å². The third-order valence-electron chi connectivity index (χ3n) is 3.28. The molecule has 0 aliphatic rings. The molecular formula is C18H25N3O2S. The van der Waals surface area contributed by atoms with Crippen molar-refractivity contribution in [3.05, 3.63) is 45.9 Å². The first kappa shape index (κ1) is 18.4. The van der Waals surface area contributed by atoms with Crippen LogP contribution in [-0.2, 0) is 11.3 Å². The molecule has 1 atom stereocenters. The first-order chi connectivity index (χ1) is 11.2. The Morgan fingerprint density at radius 1 is 1.29 bits per heavy atom. The van der Waals surface area contributed by atoms with Crippen molar-refractivity contribution in [1.29, 1.82) is 0 Å². The van der Waals surface area contributed by atoms with Gasteiger partial charge in [0.05, 0.1) is 0 Å². The molecule has 0 saturated carbocycles. The normalized spacial score (nSPS) is 12.7. The lowest BCUT2D eigenvalue weighted by Crippen LogP contribution is -2.27. The second-order valence-corrected chi connectivity index (χ2v) is 7.68. The molecule has 1 aromatic carbocycles. The van der Waals surface area contributed by atoms with E-state index < -0.39 is 11.7 Å². The fourth-order valence-electron chi connectivity index (χ4n) is 2.12. The number of amides is 1. The van der Waals surface area contributed by atoms with E-state index in [0.29, 0.717) is 0 Å². The Balaban J connectivity index is 1.87. The molecule has 130 valence electrons. The van der Waals surface area contributed by atoms with Gasteiger partial charge in [0, 0.05) is 29.3 Å². The molecule has 1 heterocycles. The van der Waals surface area contributed by atoms with Crippen LogP contribution in [0.5, 0.6) is 0 Å². The summed E-state index contributed by atoms with van der Waals surface area (Å²) in [5, 5.41) is 9.33. The summed E-state index contributed by atoms with van der Waals surface area (Å²) in [5.41, 5.74) is 2.42. The van der Waals surface area contributed by atoms with Crippen LogP contribution in [0.15, 0.2) is 29.6 Å². The maximum atomic E-state index is 11.8. The number of rotatable bonds is 5. The predicted octanol–water partition coefficient (Wildman–Crippen LogP) is 4.65. The molecule has 2 rings (SSSR count). The van der Waals surface area contributed by atoms with E-state index in [0.717, 1.165) is 28.5 Å². The van der Waals surface area contributed by atoms with Crippen molar-refractivity contribution < 1.29 is 9.53 Å². The number of benzene rings is 1. The van der Waals surface area contributed by atoms with Crippen LogP contribution in [0.1, 0.15) is 50.0 Å². The number of aromatic nitrogens is 1. The van der Waals surface area contributed by atoms with E-state index in [-0.39, 0.29) is 6.04 Å². The molecule has 0 fully saturated rings. The van der Waals surface area contributed by atoms with Crippen molar-refractivity contribution in [1.82, 2.24) is 10.3 Å². The van der Waals surface area contributed by atoms with Crippen molar-refractivity contribution in [3.63, 3.8) is 0 Å². The van der Waals surface area contributed by atoms with E-state index in [1.54, 1.807) is 11.3 Å². The van der Waals surface area contributed by atoms with Gasteiger partial charge in [0.25, 0.3) is 0 Å². The first-order valence-corrected chi connectivity index (χ1v) is 8.85. The third-order valence-corrected chi connectivity index (χ3v) is 4.25. The van der Waals surface area contributed by atoms with Gasteiger partial charge < -0.3 is 10.1 Å². The molecule has 6 heteroatoms. The molecule has 2 aromatic rings. The lowest BCUT2D eigenvalue weighted by Gasteiger charge is -2.20. The van der Waals surface area contributed by atoms with Crippen molar-refractivity contribution in [2.75, 3.05) is 5.32 Å². The minimum atomic E-state index is -0.503. The number of anilines is 1. The molecule has 0 aliphatic heterocycles. The van der Waals surface area contributed by atoms with E-state index in [9.17, 15) is 4.79 Å². The molecule has 1 aromatic heterocycles. The molecule has 24 heavy (non-hydrogen) atoms. The minimum absolute atomic E-state index is 0.199. The van der Waals surface area contributed by atoms with E-state index in [1.165, 1.54) is 0 Å². The number of hydrogen-bond donors (Lipinski definition) is 2. The van der Waals surface area contributed by atoms with Gasteiger partial charge in [-0.3, -0.25) is 5.32 Å². The standard InChI is InChI=1S/C18H25N3O2S/c1-12-11-24-16(20-12)10-19-13(2)14-6-8-15(9-7-14)21-17(22)23-18(3,4)5/h6-9,11,13,19H,10H2,1-5H3,(H,21,22). The van der Waals surface area contributed by atoms with Crippen LogP contribution in [0.2, 0.25) is 0 Å². The fourth-order valence-corrected chi connectivity index (χ4v) is 2.84. The van der Waals surface area contributed by atoms with E-state index in [2.05, 4.69) is 27.9 Å². The molecule has 0 saturated heterocycles. The highest BCUT2D eigenvalue weighted by molar-refractivity contribution is 7.09. The van der Waals surface area contributed by atoms with E-state index >= 15 is 0 Å². The van der Waals surface area contributed by atoms with Gasteiger partial charge in [0.1, 0.15) is 10.6 Å². The van der Waals surface area contributed by atoms with Gasteiger partial charge in [-0.2, -0.15) is 0 Å². The Bertz CT molecular complexity index is 674. The molecule has 0 aliphatic carbocycles. The summed E-state index contributed by atoms with van der Waals surface area (Å²) in [4.78, 5) is 16.2. The zero-order chi connectivity index (χ0) is 17.7. The number of hydrogen-bond acceptors (Lipinski definition) is 5. The highest BCUT2D eigenvalue weighted by atomic mass is 32.1.